The summed E-state index contributed by atoms with van der Waals surface area (Å²) in [6.07, 6.45) is -0.824. The van der Waals surface area contributed by atoms with E-state index in [1.54, 1.807) is 18.2 Å². The highest BCUT2D eigenvalue weighted by atomic mass is 16.5. The van der Waals surface area contributed by atoms with E-state index < -0.39 is 12.1 Å². The minimum absolute atomic E-state index is 0.241. The van der Waals surface area contributed by atoms with Crippen molar-refractivity contribution in [1.29, 1.82) is 5.26 Å². The number of carboxylic acid groups (broad SMARTS) is 1. The molecule has 1 N–H and O–H groups in total. The van der Waals surface area contributed by atoms with Crippen LogP contribution >= 0.6 is 0 Å². The van der Waals surface area contributed by atoms with E-state index >= 15 is 0 Å². The quantitative estimate of drug-likeness (QED) is 0.839. The number of carbonyl (C=O) groups is 1. The van der Waals surface area contributed by atoms with Crippen molar-refractivity contribution >= 4 is 5.97 Å². The Balaban J connectivity index is 2.69. The van der Waals surface area contributed by atoms with Gasteiger partial charge in [-0.1, -0.05) is 6.07 Å². The maximum Gasteiger partial charge on any atom is 0.332 e. The summed E-state index contributed by atoms with van der Waals surface area (Å²) in [6, 6.07) is 7.27. The van der Waals surface area contributed by atoms with Gasteiger partial charge in [0, 0.05) is 0 Å². The average molecular weight is 219 g/mol. The van der Waals surface area contributed by atoms with E-state index in [0.717, 1.165) is 11.1 Å². The topological polar surface area (TPSA) is 70.3 Å². The molecule has 0 radical (unpaired) electrons. The van der Waals surface area contributed by atoms with Gasteiger partial charge in [-0.05, 0) is 37.1 Å². The fraction of sp³-hybridized carbons (Fsp3) is 0.333. The van der Waals surface area contributed by atoms with Crippen molar-refractivity contribution in [3.63, 3.8) is 0 Å². The lowest BCUT2D eigenvalue weighted by molar-refractivity contribution is -0.149. The van der Waals surface area contributed by atoms with Gasteiger partial charge in [0.25, 0.3) is 0 Å². The third kappa shape index (κ3) is 3.07. The molecule has 16 heavy (non-hydrogen) atoms. The van der Waals surface area contributed by atoms with E-state index in [4.69, 9.17) is 15.1 Å². The van der Waals surface area contributed by atoms with Crippen molar-refractivity contribution in [3.05, 3.63) is 34.9 Å². The van der Waals surface area contributed by atoms with E-state index in [1.165, 1.54) is 6.92 Å². The zero-order valence-electron chi connectivity index (χ0n) is 9.23. The Bertz CT molecular complexity index is 434. The maximum absolute atomic E-state index is 10.5. The lowest BCUT2D eigenvalue weighted by atomic mass is 10.1. The Labute approximate surface area is 94.1 Å². The first-order valence-electron chi connectivity index (χ1n) is 4.88. The fourth-order valence-electron chi connectivity index (χ4n) is 1.21. The first-order chi connectivity index (χ1) is 7.54. The molecule has 0 saturated carbocycles. The molecule has 0 bridgehead atoms. The first kappa shape index (κ1) is 12.2. The summed E-state index contributed by atoms with van der Waals surface area (Å²) in [5.41, 5.74) is 2.41. The molecule has 1 rings (SSSR count). The van der Waals surface area contributed by atoms with E-state index in [9.17, 15) is 4.79 Å². The number of hydrogen-bond acceptors (Lipinski definition) is 3. The van der Waals surface area contributed by atoms with Crippen LogP contribution in [0.2, 0.25) is 0 Å². The minimum Gasteiger partial charge on any atom is -0.479 e. The van der Waals surface area contributed by atoms with Crippen LogP contribution in [-0.2, 0) is 16.1 Å². The van der Waals surface area contributed by atoms with Gasteiger partial charge >= 0.3 is 5.97 Å². The molecule has 0 aliphatic heterocycles. The summed E-state index contributed by atoms with van der Waals surface area (Å²) in [7, 11) is 0. The van der Waals surface area contributed by atoms with Gasteiger partial charge in [0.05, 0.1) is 18.2 Å². The predicted octanol–water partition coefficient (Wildman–Crippen LogP) is 1.86. The van der Waals surface area contributed by atoms with Crippen LogP contribution in [0.15, 0.2) is 18.2 Å². The summed E-state index contributed by atoms with van der Waals surface area (Å²) >= 11 is 0. The number of hydrogen-bond donors (Lipinski definition) is 1. The van der Waals surface area contributed by atoms with Gasteiger partial charge in [0.2, 0.25) is 0 Å². The Hall–Kier alpha value is -1.86. The maximum atomic E-state index is 10.5. The molecule has 4 heteroatoms. The number of aliphatic carboxylic acids is 1. The fourth-order valence-corrected chi connectivity index (χ4v) is 1.21. The molecule has 1 atom stereocenters. The van der Waals surface area contributed by atoms with Crippen LogP contribution < -0.4 is 0 Å². The molecule has 1 aromatic rings. The van der Waals surface area contributed by atoms with Crippen molar-refractivity contribution in [2.24, 2.45) is 0 Å². The average Bonchev–Trinajstić information content (AvgIpc) is 2.26. The zero-order chi connectivity index (χ0) is 12.1. The number of ether oxygens (including phenoxy) is 1. The Morgan fingerprint density at radius 1 is 1.62 bits per heavy atom. The van der Waals surface area contributed by atoms with Gasteiger partial charge in [-0.15, -0.1) is 0 Å². The molecule has 0 aliphatic carbocycles. The van der Waals surface area contributed by atoms with Gasteiger partial charge in [0.15, 0.2) is 6.10 Å². The SMILES string of the molecule is Cc1cc(C#N)ccc1CO[C@@H](C)C(=O)O. The van der Waals surface area contributed by atoms with E-state index in [1.807, 2.05) is 13.0 Å². The molecular formula is C12H13NO3. The monoisotopic (exact) mass is 219 g/mol. The highest BCUT2D eigenvalue weighted by Crippen LogP contribution is 2.12. The van der Waals surface area contributed by atoms with Crippen LogP contribution in [0.4, 0.5) is 0 Å². The number of nitriles is 1. The molecule has 84 valence electrons. The standard InChI is InChI=1S/C12H13NO3/c1-8-5-10(6-13)3-4-11(8)7-16-9(2)12(14)15/h3-5,9H,7H2,1-2H3,(H,14,15)/t9-/m0/s1. The molecule has 0 amide bonds. The summed E-state index contributed by atoms with van der Waals surface area (Å²) < 4.78 is 5.16. The van der Waals surface area contributed by atoms with Crippen molar-refractivity contribution < 1.29 is 14.6 Å². The Morgan fingerprint density at radius 2 is 2.31 bits per heavy atom. The Morgan fingerprint density at radius 3 is 2.81 bits per heavy atom. The summed E-state index contributed by atoms with van der Waals surface area (Å²) in [5.74, 6) is -0.980. The predicted molar refractivity (Wildman–Crippen MR) is 57.8 cm³/mol. The van der Waals surface area contributed by atoms with E-state index in [-0.39, 0.29) is 6.61 Å². The lowest BCUT2D eigenvalue weighted by Crippen LogP contribution is -2.19. The second-order valence-corrected chi connectivity index (χ2v) is 3.54. The molecule has 0 aromatic heterocycles. The third-order valence-electron chi connectivity index (χ3n) is 2.31. The summed E-state index contributed by atoms with van der Waals surface area (Å²) in [4.78, 5) is 10.5. The van der Waals surface area contributed by atoms with Gasteiger partial charge in [0.1, 0.15) is 0 Å². The van der Waals surface area contributed by atoms with Gasteiger partial charge in [-0.25, -0.2) is 4.79 Å². The van der Waals surface area contributed by atoms with Crippen LogP contribution in [0.5, 0.6) is 0 Å². The van der Waals surface area contributed by atoms with Gasteiger partial charge < -0.3 is 9.84 Å². The van der Waals surface area contributed by atoms with Crippen molar-refractivity contribution in [1.82, 2.24) is 0 Å². The van der Waals surface area contributed by atoms with Crippen molar-refractivity contribution in [2.45, 2.75) is 26.6 Å². The molecular weight excluding hydrogens is 206 g/mol. The van der Waals surface area contributed by atoms with Crippen LogP contribution in [0.25, 0.3) is 0 Å². The normalized spacial score (nSPS) is 11.8. The summed E-state index contributed by atoms with van der Waals surface area (Å²) in [6.45, 7) is 3.59. The molecule has 0 aliphatic rings. The molecule has 0 heterocycles. The summed E-state index contributed by atoms with van der Waals surface area (Å²) in [5, 5.41) is 17.3. The van der Waals surface area contributed by atoms with E-state index in [2.05, 4.69) is 0 Å². The number of benzene rings is 1. The molecule has 0 saturated heterocycles. The molecule has 0 fully saturated rings. The third-order valence-corrected chi connectivity index (χ3v) is 2.31. The molecule has 0 unspecified atom stereocenters. The molecule has 4 nitrogen and oxygen atoms in total. The highest BCUT2D eigenvalue weighted by molar-refractivity contribution is 5.71. The second-order valence-electron chi connectivity index (χ2n) is 3.54. The zero-order valence-corrected chi connectivity index (χ0v) is 9.23. The number of rotatable bonds is 4. The van der Waals surface area contributed by atoms with E-state index in [0.29, 0.717) is 5.56 Å². The largest absolute Gasteiger partial charge is 0.479 e. The second kappa shape index (κ2) is 5.29. The van der Waals surface area contributed by atoms with Crippen molar-refractivity contribution in [2.75, 3.05) is 0 Å². The minimum atomic E-state index is -0.980. The van der Waals surface area contributed by atoms with Crippen LogP contribution in [-0.4, -0.2) is 17.2 Å². The van der Waals surface area contributed by atoms with Crippen molar-refractivity contribution in [3.8, 4) is 6.07 Å². The van der Waals surface area contributed by atoms with Gasteiger partial charge in [-0.2, -0.15) is 5.26 Å². The molecule has 0 spiro atoms. The van der Waals surface area contributed by atoms with Crippen LogP contribution in [0.3, 0.4) is 0 Å². The Kier molecular flexibility index (Phi) is 4.03. The highest BCUT2D eigenvalue weighted by Gasteiger charge is 2.11. The number of carboxylic acids is 1. The number of nitrogens with zero attached hydrogens (tertiary/aromatic N) is 1. The smallest absolute Gasteiger partial charge is 0.332 e. The van der Waals surface area contributed by atoms with Crippen LogP contribution in [0, 0.1) is 18.3 Å². The molecule has 1 aromatic carbocycles. The van der Waals surface area contributed by atoms with Gasteiger partial charge in [-0.3, -0.25) is 0 Å². The van der Waals surface area contributed by atoms with Crippen LogP contribution in [0.1, 0.15) is 23.6 Å². The number of aryl methyl sites for hydroxylation is 1. The first-order valence-corrected chi connectivity index (χ1v) is 4.88. The lowest BCUT2D eigenvalue weighted by Gasteiger charge is -2.10.